The van der Waals surface area contributed by atoms with Crippen LogP contribution in [0.1, 0.15) is 30.9 Å². The fourth-order valence-corrected chi connectivity index (χ4v) is 2.01. The molecule has 0 amide bonds. The van der Waals surface area contributed by atoms with E-state index in [0.29, 0.717) is 5.56 Å². The molecular weight excluding hydrogens is 239 g/mol. The Labute approximate surface area is 105 Å². The summed E-state index contributed by atoms with van der Waals surface area (Å²) in [7, 11) is 0. The summed E-state index contributed by atoms with van der Waals surface area (Å²) in [5.74, 6) is -0.305. The van der Waals surface area contributed by atoms with Crippen molar-refractivity contribution in [1.29, 1.82) is 0 Å². The second kappa shape index (κ2) is 4.49. The van der Waals surface area contributed by atoms with Crippen LogP contribution in [0.5, 0.6) is 0 Å². The predicted octanol–water partition coefficient (Wildman–Crippen LogP) is 4.10. The summed E-state index contributed by atoms with van der Waals surface area (Å²) >= 11 is 5.82. The molecule has 4 heteroatoms. The fourth-order valence-electron chi connectivity index (χ4n) is 1.85. The monoisotopic (exact) mass is 252 g/mol. The molecule has 0 unspecified atom stereocenters. The lowest BCUT2D eigenvalue weighted by atomic mass is 10.0. The Bertz CT molecular complexity index is 546. The second-order valence-corrected chi connectivity index (χ2v) is 4.82. The minimum atomic E-state index is -0.354. The lowest BCUT2D eigenvalue weighted by Crippen LogP contribution is -2.05. The minimum absolute atomic E-state index is 0.0493. The van der Waals surface area contributed by atoms with Crippen molar-refractivity contribution in [2.75, 3.05) is 0 Å². The van der Waals surface area contributed by atoms with Crippen molar-refractivity contribution in [3.8, 4) is 5.69 Å². The Kier molecular flexibility index (Phi) is 3.20. The average Bonchev–Trinajstić information content (AvgIpc) is 2.68. The highest BCUT2D eigenvalue weighted by molar-refractivity contribution is 6.30. The quantitative estimate of drug-likeness (QED) is 0.787. The van der Waals surface area contributed by atoms with Crippen molar-refractivity contribution in [2.24, 2.45) is 0 Å². The zero-order valence-electron chi connectivity index (χ0n) is 10.0. The van der Waals surface area contributed by atoms with Crippen LogP contribution in [0, 0.1) is 12.7 Å². The van der Waals surface area contributed by atoms with Crippen LogP contribution < -0.4 is 0 Å². The third-order valence-electron chi connectivity index (χ3n) is 2.65. The normalized spacial score (nSPS) is 11.2. The molecule has 2 rings (SSSR count). The number of benzene rings is 1. The average molecular weight is 253 g/mol. The van der Waals surface area contributed by atoms with Gasteiger partial charge in [-0.3, -0.25) is 0 Å². The first-order valence-electron chi connectivity index (χ1n) is 5.50. The number of hydrogen-bond acceptors (Lipinski definition) is 1. The van der Waals surface area contributed by atoms with Gasteiger partial charge in [0, 0.05) is 11.8 Å². The molecule has 0 aliphatic carbocycles. The molecule has 1 aromatic heterocycles. The molecule has 2 aromatic rings. The van der Waals surface area contributed by atoms with Gasteiger partial charge in [-0.05, 0) is 30.5 Å². The maximum atomic E-state index is 14.0. The van der Waals surface area contributed by atoms with Crippen LogP contribution in [0.15, 0.2) is 24.5 Å². The molecule has 0 fully saturated rings. The summed E-state index contributed by atoms with van der Waals surface area (Å²) in [5, 5.41) is 4.36. The van der Waals surface area contributed by atoms with Crippen LogP contribution in [-0.4, -0.2) is 9.78 Å². The van der Waals surface area contributed by atoms with Crippen LogP contribution in [0.4, 0.5) is 4.39 Å². The summed E-state index contributed by atoms with van der Waals surface area (Å²) in [6.07, 6.45) is 3.62. The SMILES string of the molecule is Cc1cnn(-c2ccc(Cl)c(F)c2C(C)C)c1. The first-order chi connectivity index (χ1) is 8.00. The summed E-state index contributed by atoms with van der Waals surface area (Å²) in [6.45, 7) is 5.83. The van der Waals surface area contributed by atoms with Crippen LogP contribution in [-0.2, 0) is 0 Å². The van der Waals surface area contributed by atoms with Gasteiger partial charge in [0.2, 0.25) is 0 Å². The zero-order valence-corrected chi connectivity index (χ0v) is 10.8. The van der Waals surface area contributed by atoms with E-state index in [1.54, 1.807) is 23.0 Å². The van der Waals surface area contributed by atoms with Gasteiger partial charge in [0.25, 0.3) is 0 Å². The van der Waals surface area contributed by atoms with E-state index in [4.69, 9.17) is 11.6 Å². The highest BCUT2D eigenvalue weighted by Gasteiger charge is 2.17. The Balaban J connectivity index is 2.65. The Hall–Kier alpha value is -1.35. The maximum absolute atomic E-state index is 14.0. The number of aryl methyl sites for hydroxylation is 1. The summed E-state index contributed by atoms with van der Waals surface area (Å²) in [4.78, 5) is 0. The first kappa shape index (κ1) is 12.1. The van der Waals surface area contributed by atoms with Crippen molar-refractivity contribution < 1.29 is 4.39 Å². The van der Waals surface area contributed by atoms with E-state index in [0.717, 1.165) is 11.3 Å². The standard InChI is InChI=1S/C13H14ClFN2/c1-8(2)12-11(5-4-10(14)13(12)15)17-7-9(3)6-16-17/h4-8H,1-3H3. The Morgan fingerprint density at radius 2 is 2.06 bits per heavy atom. The van der Waals surface area contributed by atoms with Crippen LogP contribution in [0.25, 0.3) is 5.69 Å². The zero-order chi connectivity index (χ0) is 12.6. The molecule has 0 spiro atoms. The number of nitrogens with zero attached hydrogens (tertiary/aromatic N) is 2. The lowest BCUT2D eigenvalue weighted by molar-refractivity contribution is 0.594. The molecule has 1 aromatic carbocycles. The van der Waals surface area contributed by atoms with Gasteiger partial charge in [0.1, 0.15) is 5.82 Å². The van der Waals surface area contributed by atoms with E-state index >= 15 is 0 Å². The molecule has 1 heterocycles. The van der Waals surface area contributed by atoms with E-state index in [9.17, 15) is 4.39 Å². The second-order valence-electron chi connectivity index (χ2n) is 4.41. The smallest absolute Gasteiger partial charge is 0.147 e. The Morgan fingerprint density at radius 3 is 2.59 bits per heavy atom. The van der Waals surface area contributed by atoms with E-state index in [1.165, 1.54) is 0 Å². The number of hydrogen-bond donors (Lipinski definition) is 0. The lowest BCUT2D eigenvalue weighted by Gasteiger charge is -2.14. The van der Waals surface area contributed by atoms with Gasteiger partial charge >= 0.3 is 0 Å². The molecule has 0 aliphatic heterocycles. The van der Waals surface area contributed by atoms with E-state index in [1.807, 2.05) is 27.0 Å². The fraction of sp³-hybridized carbons (Fsp3) is 0.308. The number of halogens is 2. The van der Waals surface area contributed by atoms with Gasteiger partial charge in [-0.25, -0.2) is 9.07 Å². The maximum Gasteiger partial charge on any atom is 0.147 e. The van der Waals surface area contributed by atoms with Gasteiger partial charge in [-0.15, -0.1) is 0 Å². The molecule has 0 radical (unpaired) electrons. The van der Waals surface area contributed by atoms with Gasteiger partial charge in [0.15, 0.2) is 0 Å². The van der Waals surface area contributed by atoms with Gasteiger partial charge < -0.3 is 0 Å². The van der Waals surface area contributed by atoms with E-state index in [-0.39, 0.29) is 16.8 Å². The largest absolute Gasteiger partial charge is 0.240 e. The van der Waals surface area contributed by atoms with Gasteiger partial charge in [-0.2, -0.15) is 5.10 Å². The van der Waals surface area contributed by atoms with Crippen LogP contribution >= 0.6 is 11.6 Å². The van der Waals surface area contributed by atoms with E-state index < -0.39 is 0 Å². The van der Waals surface area contributed by atoms with Crippen LogP contribution in [0.2, 0.25) is 5.02 Å². The van der Waals surface area contributed by atoms with Crippen molar-refractivity contribution in [3.63, 3.8) is 0 Å². The molecule has 0 atom stereocenters. The van der Waals surface area contributed by atoms with E-state index in [2.05, 4.69) is 5.10 Å². The van der Waals surface area contributed by atoms with Crippen molar-refractivity contribution in [2.45, 2.75) is 26.7 Å². The highest BCUT2D eigenvalue weighted by Crippen LogP contribution is 2.30. The third-order valence-corrected chi connectivity index (χ3v) is 2.94. The van der Waals surface area contributed by atoms with Gasteiger partial charge in [0.05, 0.1) is 16.9 Å². The Morgan fingerprint density at radius 1 is 1.35 bits per heavy atom. The highest BCUT2D eigenvalue weighted by atomic mass is 35.5. The molecule has 0 N–H and O–H groups in total. The molecular formula is C13H14ClFN2. The molecule has 0 saturated carbocycles. The molecule has 0 saturated heterocycles. The summed E-state index contributed by atoms with van der Waals surface area (Å²) in [6, 6.07) is 3.36. The number of rotatable bonds is 2. The summed E-state index contributed by atoms with van der Waals surface area (Å²) < 4.78 is 15.7. The molecule has 2 nitrogen and oxygen atoms in total. The van der Waals surface area contributed by atoms with Crippen molar-refractivity contribution in [3.05, 3.63) is 46.5 Å². The topological polar surface area (TPSA) is 17.8 Å². The van der Waals surface area contributed by atoms with Crippen LogP contribution in [0.3, 0.4) is 0 Å². The van der Waals surface area contributed by atoms with Crippen molar-refractivity contribution >= 4 is 11.6 Å². The summed E-state index contributed by atoms with van der Waals surface area (Å²) in [5.41, 5.74) is 2.38. The van der Waals surface area contributed by atoms with Gasteiger partial charge in [-0.1, -0.05) is 25.4 Å². The molecule has 0 aliphatic rings. The number of aromatic nitrogens is 2. The molecule has 17 heavy (non-hydrogen) atoms. The predicted molar refractivity (Wildman–Crippen MR) is 67.4 cm³/mol. The molecule has 90 valence electrons. The first-order valence-corrected chi connectivity index (χ1v) is 5.88. The minimum Gasteiger partial charge on any atom is -0.240 e. The van der Waals surface area contributed by atoms with Crippen molar-refractivity contribution in [1.82, 2.24) is 9.78 Å². The third kappa shape index (κ3) is 2.20. The molecule has 0 bridgehead atoms.